The zero-order valence-corrected chi connectivity index (χ0v) is 11.1. The highest BCUT2D eigenvalue weighted by Crippen LogP contribution is 2.13. The van der Waals surface area contributed by atoms with Crippen molar-refractivity contribution in [2.45, 2.75) is 18.9 Å². The smallest absolute Gasteiger partial charge is 0.335 e. The summed E-state index contributed by atoms with van der Waals surface area (Å²) in [6.07, 6.45) is 1.39. The van der Waals surface area contributed by atoms with Crippen LogP contribution in [-0.4, -0.2) is 42.7 Å². The van der Waals surface area contributed by atoms with E-state index < -0.39 is 5.97 Å². The van der Waals surface area contributed by atoms with E-state index in [1.54, 1.807) is 12.1 Å². The molecule has 1 atom stereocenters. The van der Waals surface area contributed by atoms with E-state index in [1.165, 1.54) is 12.1 Å². The summed E-state index contributed by atoms with van der Waals surface area (Å²) in [4.78, 5) is 21.8. The lowest BCUT2D eigenvalue weighted by atomic mass is 10.1. The van der Waals surface area contributed by atoms with Crippen LogP contribution in [0.3, 0.4) is 0 Å². The van der Waals surface area contributed by atoms with E-state index in [0.717, 1.165) is 6.42 Å². The summed E-state index contributed by atoms with van der Waals surface area (Å²) in [7, 11) is 0. The molecule has 1 aromatic carbocycles. The van der Waals surface area contributed by atoms with Crippen LogP contribution in [0.2, 0.25) is 0 Å². The van der Waals surface area contributed by atoms with Gasteiger partial charge in [0.05, 0.1) is 5.56 Å². The monoisotopic (exact) mass is 278 g/mol. The van der Waals surface area contributed by atoms with Gasteiger partial charge in [-0.15, -0.1) is 0 Å². The Morgan fingerprint density at radius 3 is 3.05 bits per heavy atom. The molecule has 20 heavy (non-hydrogen) atoms. The molecule has 1 saturated heterocycles. The molecular weight excluding hydrogens is 260 g/mol. The molecule has 0 spiro atoms. The van der Waals surface area contributed by atoms with Crippen molar-refractivity contribution in [1.82, 2.24) is 10.6 Å². The summed E-state index contributed by atoms with van der Waals surface area (Å²) in [6, 6.07) is 6.69. The number of carboxylic acids is 1. The van der Waals surface area contributed by atoms with Gasteiger partial charge in [0.15, 0.2) is 0 Å². The topological polar surface area (TPSA) is 87.7 Å². The van der Waals surface area contributed by atoms with Gasteiger partial charge in [0.2, 0.25) is 5.91 Å². The van der Waals surface area contributed by atoms with Gasteiger partial charge in [0.1, 0.15) is 12.4 Å². The van der Waals surface area contributed by atoms with Gasteiger partial charge in [-0.05, 0) is 24.6 Å². The number of hydrogen-bond donors (Lipinski definition) is 3. The molecule has 108 valence electrons. The fourth-order valence-corrected chi connectivity index (χ4v) is 2.06. The number of carbonyl (C=O) groups is 2. The number of carbonyl (C=O) groups excluding carboxylic acids is 1. The number of ether oxygens (including phenoxy) is 1. The number of hydrogen-bond acceptors (Lipinski definition) is 4. The van der Waals surface area contributed by atoms with E-state index in [1.807, 2.05) is 0 Å². The van der Waals surface area contributed by atoms with Crippen molar-refractivity contribution in [3.05, 3.63) is 29.8 Å². The predicted molar refractivity (Wildman–Crippen MR) is 72.9 cm³/mol. The predicted octanol–water partition coefficient (Wildman–Crippen LogP) is 0.632. The lowest BCUT2D eigenvalue weighted by Gasteiger charge is -2.23. The summed E-state index contributed by atoms with van der Waals surface area (Å²) in [5.74, 6) is -0.319. The first kappa shape index (κ1) is 14.3. The molecule has 0 radical (unpaired) electrons. The third kappa shape index (κ3) is 4.24. The molecule has 1 amide bonds. The van der Waals surface area contributed by atoms with Crippen LogP contribution in [0.25, 0.3) is 0 Å². The summed E-state index contributed by atoms with van der Waals surface area (Å²) < 4.78 is 5.50. The minimum Gasteiger partial charge on any atom is -0.492 e. The average Bonchev–Trinajstić information content (AvgIpc) is 2.46. The van der Waals surface area contributed by atoms with Gasteiger partial charge < -0.3 is 20.5 Å². The minimum atomic E-state index is -0.966. The molecule has 1 heterocycles. The Morgan fingerprint density at radius 2 is 2.35 bits per heavy atom. The normalized spacial score (nSPS) is 18.4. The van der Waals surface area contributed by atoms with E-state index in [9.17, 15) is 9.59 Å². The number of aromatic carboxylic acids is 1. The summed E-state index contributed by atoms with van der Waals surface area (Å²) >= 11 is 0. The molecule has 1 fully saturated rings. The summed E-state index contributed by atoms with van der Waals surface area (Å²) in [6.45, 7) is 1.75. The van der Waals surface area contributed by atoms with E-state index in [4.69, 9.17) is 9.84 Å². The van der Waals surface area contributed by atoms with Crippen LogP contribution in [0, 0.1) is 0 Å². The molecule has 0 aliphatic carbocycles. The van der Waals surface area contributed by atoms with Crippen LogP contribution in [0.15, 0.2) is 24.3 Å². The zero-order chi connectivity index (χ0) is 14.4. The lowest BCUT2D eigenvalue weighted by Crippen LogP contribution is -2.46. The first-order valence-electron chi connectivity index (χ1n) is 6.61. The maximum atomic E-state index is 11.0. The van der Waals surface area contributed by atoms with Crippen molar-refractivity contribution in [3.8, 4) is 5.75 Å². The van der Waals surface area contributed by atoms with Crippen LogP contribution in [0.4, 0.5) is 0 Å². The second kappa shape index (κ2) is 6.91. The molecule has 0 bridgehead atoms. The van der Waals surface area contributed by atoms with E-state index in [-0.39, 0.29) is 17.5 Å². The van der Waals surface area contributed by atoms with Crippen LogP contribution in [-0.2, 0) is 4.79 Å². The second-order valence-electron chi connectivity index (χ2n) is 4.68. The van der Waals surface area contributed by atoms with Gasteiger partial charge >= 0.3 is 5.97 Å². The molecule has 0 saturated carbocycles. The highest BCUT2D eigenvalue weighted by Gasteiger charge is 2.16. The van der Waals surface area contributed by atoms with Crippen molar-refractivity contribution in [3.63, 3.8) is 0 Å². The second-order valence-corrected chi connectivity index (χ2v) is 4.68. The number of amides is 1. The zero-order valence-electron chi connectivity index (χ0n) is 11.1. The Bertz CT molecular complexity index is 480. The number of rotatable bonds is 6. The van der Waals surface area contributed by atoms with Crippen LogP contribution in [0.5, 0.6) is 5.75 Å². The number of benzene rings is 1. The molecule has 6 heteroatoms. The Labute approximate surface area is 117 Å². The van der Waals surface area contributed by atoms with Gasteiger partial charge in [0, 0.05) is 25.6 Å². The standard InChI is InChI=1S/C14H18N2O4/c17-13-5-4-11(9-16-13)15-6-7-20-12-3-1-2-10(8-12)14(18)19/h1-3,8,11,15H,4-7,9H2,(H,16,17)(H,18,19). The lowest BCUT2D eigenvalue weighted by molar-refractivity contribution is -0.122. The molecule has 0 aromatic heterocycles. The van der Waals surface area contributed by atoms with Crippen LogP contribution in [0.1, 0.15) is 23.2 Å². The highest BCUT2D eigenvalue weighted by atomic mass is 16.5. The molecule has 2 rings (SSSR count). The first-order chi connectivity index (χ1) is 9.65. The van der Waals surface area contributed by atoms with E-state index >= 15 is 0 Å². The van der Waals surface area contributed by atoms with Gasteiger partial charge in [-0.3, -0.25) is 4.79 Å². The minimum absolute atomic E-state index is 0.102. The maximum absolute atomic E-state index is 11.0. The number of nitrogens with one attached hydrogen (secondary N) is 2. The summed E-state index contributed by atoms with van der Waals surface area (Å²) in [5, 5.41) is 15.0. The van der Waals surface area contributed by atoms with Crippen LogP contribution >= 0.6 is 0 Å². The van der Waals surface area contributed by atoms with Crippen molar-refractivity contribution in [2.75, 3.05) is 19.7 Å². The SMILES string of the molecule is O=C1CCC(NCCOc2cccc(C(=O)O)c2)CN1. The van der Waals surface area contributed by atoms with Gasteiger partial charge in [-0.2, -0.15) is 0 Å². The van der Waals surface area contributed by atoms with Crippen LogP contribution < -0.4 is 15.4 Å². The van der Waals surface area contributed by atoms with Crippen molar-refractivity contribution in [1.29, 1.82) is 0 Å². The number of carboxylic acid groups (broad SMARTS) is 1. The van der Waals surface area contributed by atoms with Crippen molar-refractivity contribution >= 4 is 11.9 Å². The molecule has 6 nitrogen and oxygen atoms in total. The highest BCUT2D eigenvalue weighted by molar-refractivity contribution is 5.88. The van der Waals surface area contributed by atoms with Gasteiger partial charge in [0.25, 0.3) is 0 Å². The average molecular weight is 278 g/mol. The maximum Gasteiger partial charge on any atom is 0.335 e. The molecule has 1 aromatic rings. The van der Waals surface area contributed by atoms with E-state index in [0.29, 0.717) is 31.9 Å². The Morgan fingerprint density at radius 1 is 1.50 bits per heavy atom. The number of piperidine rings is 1. The van der Waals surface area contributed by atoms with Gasteiger partial charge in [-0.1, -0.05) is 6.07 Å². The Balaban J connectivity index is 1.69. The fraction of sp³-hybridized carbons (Fsp3) is 0.429. The molecular formula is C14H18N2O4. The Kier molecular flexibility index (Phi) is 4.95. The Hall–Kier alpha value is -2.08. The van der Waals surface area contributed by atoms with Crippen molar-refractivity contribution < 1.29 is 19.4 Å². The molecule has 1 unspecified atom stereocenters. The molecule has 1 aliphatic rings. The quantitative estimate of drug-likeness (QED) is 0.664. The molecule has 1 aliphatic heterocycles. The third-order valence-corrected chi connectivity index (χ3v) is 3.15. The third-order valence-electron chi connectivity index (χ3n) is 3.15. The first-order valence-corrected chi connectivity index (χ1v) is 6.61. The van der Waals surface area contributed by atoms with Crippen molar-refractivity contribution in [2.24, 2.45) is 0 Å². The largest absolute Gasteiger partial charge is 0.492 e. The van der Waals surface area contributed by atoms with Gasteiger partial charge in [-0.25, -0.2) is 4.79 Å². The fourth-order valence-electron chi connectivity index (χ4n) is 2.06. The summed E-state index contributed by atoms with van der Waals surface area (Å²) in [5.41, 5.74) is 0.213. The molecule has 3 N–H and O–H groups in total. The van der Waals surface area contributed by atoms with E-state index in [2.05, 4.69) is 10.6 Å².